The van der Waals surface area contributed by atoms with Crippen molar-refractivity contribution in [3.05, 3.63) is 41.0 Å². The molecule has 5 heteroatoms. The molecular weight excluding hydrogens is 249 g/mol. The van der Waals surface area contributed by atoms with Crippen LogP contribution in [0.1, 0.15) is 4.88 Å². The molecule has 0 aliphatic heterocycles. The molecule has 0 aliphatic rings. The van der Waals surface area contributed by atoms with Crippen molar-refractivity contribution in [1.82, 2.24) is 9.97 Å². The molecule has 2 heterocycles. The molecule has 3 rings (SSSR count). The van der Waals surface area contributed by atoms with Crippen molar-refractivity contribution in [2.75, 3.05) is 5.73 Å². The van der Waals surface area contributed by atoms with Crippen LogP contribution in [0.4, 0.5) is 10.2 Å². The van der Waals surface area contributed by atoms with Gasteiger partial charge in [-0.25, -0.2) is 14.4 Å². The highest BCUT2D eigenvalue weighted by molar-refractivity contribution is 7.15. The largest absolute Gasteiger partial charge is 0.383 e. The van der Waals surface area contributed by atoms with Crippen LogP contribution in [0.3, 0.4) is 0 Å². The van der Waals surface area contributed by atoms with Crippen molar-refractivity contribution in [1.29, 1.82) is 0 Å². The second kappa shape index (κ2) is 4.03. The molecule has 0 unspecified atom stereocenters. The molecule has 3 aromatic rings. The van der Waals surface area contributed by atoms with Gasteiger partial charge in [-0.1, -0.05) is 0 Å². The summed E-state index contributed by atoms with van der Waals surface area (Å²) in [7, 11) is 0. The zero-order chi connectivity index (χ0) is 12.7. The Bertz CT molecular complexity index is 736. The van der Waals surface area contributed by atoms with Crippen LogP contribution in [-0.4, -0.2) is 9.97 Å². The van der Waals surface area contributed by atoms with E-state index in [9.17, 15) is 4.39 Å². The Labute approximate surface area is 107 Å². The molecular formula is C13H10FN3S. The summed E-state index contributed by atoms with van der Waals surface area (Å²) in [6.45, 7) is 2.01. The number of anilines is 1. The maximum atomic E-state index is 13.2. The van der Waals surface area contributed by atoms with E-state index < -0.39 is 0 Å². The molecule has 0 saturated heterocycles. The van der Waals surface area contributed by atoms with E-state index in [4.69, 9.17) is 5.73 Å². The number of aryl methyl sites for hydroxylation is 1. The fourth-order valence-corrected chi connectivity index (χ4v) is 2.59. The number of rotatable bonds is 1. The Morgan fingerprint density at radius 2 is 2.00 bits per heavy atom. The standard InChI is InChI=1S/C13H10FN3S/c1-7-2-5-11(18-7)13-16-10-6-8(14)3-4-9(10)12(15)17-13/h2-6H,1H3,(H2,15,16,17). The zero-order valence-corrected chi connectivity index (χ0v) is 10.5. The normalized spacial score (nSPS) is 11.0. The summed E-state index contributed by atoms with van der Waals surface area (Å²) in [6.07, 6.45) is 0. The zero-order valence-electron chi connectivity index (χ0n) is 9.64. The second-order valence-electron chi connectivity index (χ2n) is 4.00. The summed E-state index contributed by atoms with van der Waals surface area (Å²) in [5, 5.41) is 0.674. The summed E-state index contributed by atoms with van der Waals surface area (Å²) in [6, 6.07) is 8.27. The van der Waals surface area contributed by atoms with Crippen LogP contribution in [0.25, 0.3) is 21.6 Å². The first-order valence-corrected chi connectivity index (χ1v) is 6.25. The predicted molar refractivity (Wildman–Crippen MR) is 72.0 cm³/mol. The Balaban J connectivity index is 2.26. The molecule has 2 N–H and O–H groups in total. The summed E-state index contributed by atoms with van der Waals surface area (Å²) in [5.41, 5.74) is 6.41. The Hall–Kier alpha value is -2.01. The minimum absolute atomic E-state index is 0.325. The van der Waals surface area contributed by atoms with Gasteiger partial charge in [-0.05, 0) is 31.2 Å². The van der Waals surface area contributed by atoms with Gasteiger partial charge in [-0.2, -0.15) is 0 Å². The topological polar surface area (TPSA) is 51.8 Å². The number of fused-ring (bicyclic) bond motifs is 1. The summed E-state index contributed by atoms with van der Waals surface area (Å²) in [5.74, 6) is 0.596. The first-order chi connectivity index (χ1) is 8.63. The molecule has 90 valence electrons. The summed E-state index contributed by atoms with van der Waals surface area (Å²) in [4.78, 5) is 10.7. The van der Waals surface area contributed by atoms with Crippen LogP contribution in [0.5, 0.6) is 0 Å². The number of benzene rings is 1. The van der Waals surface area contributed by atoms with Crippen LogP contribution < -0.4 is 5.73 Å². The highest BCUT2D eigenvalue weighted by Gasteiger charge is 2.09. The number of nitrogens with zero attached hydrogens (tertiary/aromatic N) is 2. The molecule has 0 bridgehead atoms. The Morgan fingerprint density at radius 3 is 2.72 bits per heavy atom. The van der Waals surface area contributed by atoms with E-state index >= 15 is 0 Å². The van der Waals surface area contributed by atoms with Gasteiger partial charge in [0.05, 0.1) is 10.4 Å². The smallest absolute Gasteiger partial charge is 0.172 e. The minimum atomic E-state index is -0.325. The van der Waals surface area contributed by atoms with Crippen molar-refractivity contribution in [2.24, 2.45) is 0 Å². The maximum Gasteiger partial charge on any atom is 0.172 e. The Kier molecular flexibility index (Phi) is 2.48. The molecule has 0 fully saturated rings. The lowest BCUT2D eigenvalue weighted by atomic mass is 10.2. The quantitative estimate of drug-likeness (QED) is 0.728. The van der Waals surface area contributed by atoms with E-state index in [2.05, 4.69) is 9.97 Å². The molecule has 0 aliphatic carbocycles. The number of hydrogen-bond acceptors (Lipinski definition) is 4. The third-order valence-corrected chi connectivity index (χ3v) is 3.65. The number of hydrogen-bond donors (Lipinski definition) is 1. The number of nitrogens with two attached hydrogens (primary N) is 1. The SMILES string of the molecule is Cc1ccc(-c2nc(N)c3ccc(F)cc3n2)s1. The number of nitrogen functional groups attached to an aromatic ring is 1. The van der Waals surface area contributed by atoms with Gasteiger partial charge >= 0.3 is 0 Å². The predicted octanol–water partition coefficient (Wildman–Crippen LogP) is 3.39. The monoisotopic (exact) mass is 259 g/mol. The van der Waals surface area contributed by atoms with E-state index in [0.29, 0.717) is 22.5 Å². The van der Waals surface area contributed by atoms with Gasteiger partial charge in [0.1, 0.15) is 11.6 Å². The second-order valence-corrected chi connectivity index (χ2v) is 5.29. The van der Waals surface area contributed by atoms with Crippen molar-refractivity contribution in [2.45, 2.75) is 6.92 Å². The maximum absolute atomic E-state index is 13.2. The first-order valence-electron chi connectivity index (χ1n) is 5.43. The van der Waals surface area contributed by atoms with E-state index in [-0.39, 0.29) is 5.82 Å². The molecule has 1 aromatic carbocycles. The van der Waals surface area contributed by atoms with Crippen molar-refractivity contribution in [3.8, 4) is 10.7 Å². The third kappa shape index (κ3) is 1.82. The number of halogens is 1. The molecule has 0 radical (unpaired) electrons. The fraction of sp³-hybridized carbons (Fsp3) is 0.0769. The van der Waals surface area contributed by atoms with Gasteiger partial charge in [-0.3, -0.25) is 0 Å². The molecule has 0 spiro atoms. The average molecular weight is 259 g/mol. The van der Waals surface area contributed by atoms with E-state index in [1.807, 2.05) is 19.1 Å². The molecule has 2 aromatic heterocycles. The van der Waals surface area contributed by atoms with Gasteiger partial charge in [0, 0.05) is 16.3 Å². The first kappa shape index (κ1) is 11.1. The van der Waals surface area contributed by atoms with Crippen LogP contribution >= 0.6 is 11.3 Å². The lowest BCUT2D eigenvalue weighted by Gasteiger charge is -2.03. The van der Waals surface area contributed by atoms with Crippen LogP contribution in [0.15, 0.2) is 30.3 Å². The molecule has 3 nitrogen and oxygen atoms in total. The van der Waals surface area contributed by atoms with Gasteiger partial charge in [0.15, 0.2) is 5.82 Å². The molecule has 0 amide bonds. The van der Waals surface area contributed by atoms with Gasteiger partial charge in [0.2, 0.25) is 0 Å². The minimum Gasteiger partial charge on any atom is -0.383 e. The fourth-order valence-electron chi connectivity index (χ4n) is 1.79. The molecule has 0 saturated carbocycles. The highest BCUT2D eigenvalue weighted by Crippen LogP contribution is 2.28. The van der Waals surface area contributed by atoms with Gasteiger partial charge < -0.3 is 5.73 Å². The van der Waals surface area contributed by atoms with Gasteiger partial charge in [0.25, 0.3) is 0 Å². The van der Waals surface area contributed by atoms with Crippen LogP contribution in [-0.2, 0) is 0 Å². The van der Waals surface area contributed by atoms with E-state index in [1.165, 1.54) is 17.0 Å². The molecule has 0 atom stereocenters. The summed E-state index contributed by atoms with van der Waals surface area (Å²) >= 11 is 1.59. The highest BCUT2D eigenvalue weighted by atomic mass is 32.1. The van der Waals surface area contributed by atoms with E-state index in [1.54, 1.807) is 17.4 Å². The van der Waals surface area contributed by atoms with Gasteiger partial charge in [-0.15, -0.1) is 11.3 Å². The lowest BCUT2D eigenvalue weighted by Crippen LogP contribution is -1.97. The Morgan fingerprint density at radius 1 is 1.17 bits per heavy atom. The number of thiophene rings is 1. The summed E-state index contributed by atoms with van der Waals surface area (Å²) < 4.78 is 13.2. The van der Waals surface area contributed by atoms with Crippen molar-refractivity contribution in [3.63, 3.8) is 0 Å². The average Bonchev–Trinajstić information content (AvgIpc) is 2.75. The molecule has 18 heavy (non-hydrogen) atoms. The lowest BCUT2D eigenvalue weighted by molar-refractivity contribution is 0.629. The van der Waals surface area contributed by atoms with Crippen molar-refractivity contribution < 1.29 is 4.39 Å². The van der Waals surface area contributed by atoms with Crippen LogP contribution in [0.2, 0.25) is 0 Å². The number of aromatic nitrogens is 2. The van der Waals surface area contributed by atoms with E-state index in [0.717, 1.165) is 4.88 Å². The van der Waals surface area contributed by atoms with Crippen LogP contribution in [0, 0.1) is 12.7 Å². The third-order valence-electron chi connectivity index (χ3n) is 2.65. The van der Waals surface area contributed by atoms with Crippen molar-refractivity contribution >= 4 is 28.1 Å².